The first-order chi connectivity index (χ1) is 16.1. The van der Waals surface area contributed by atoms with Gasteiger partial charge >= 0.3 is 0 Å². The number of thiophene rings is 1. The number of halogens is 2. The fourth-order valence-corrected chi connectivity index (χ4v) is 7.40. The molecule has 2 aromatic carbocycles. The first-order valence-corrected chi connectivity index (χ1v) is 13.9. The van der Waals surface area contributed by atoms with Crippen LogP contribution in [0.25, 0.3) is 20.8 Å². The van der Waals surface area contributed by atoms with Gasteiger partial charge in [-0.3, -0.25) is 4.79 Å². The van der Waals surface area contributed by atoms with Gasteiger partial charge in [-0.15, -0.1) is 46.8 Å². The lowest BCUT2D eigenvalue weighted by molar-refractivity contribution is -0.116. The van der Waals surface area contributed by atoms with Crippen LogP contribution in [0.3, 0.4) is 0 Å². The predicted octanol–water partition coefficient (Wildman–Crippen LogP) is 7.60. The van der Waals surface area contributed by atoms with Gasteiger partial charge in [0.1, 0.15) is 10.0 Å². The van der Waals surface area contributed by atoms with Crippen molar-refractivity contribution in [2.24, 2.45) is 0 Å². The summed E-state index contributed by atoms with van der Waals surface area (Å²) < 4.78 is 1.18. The molecule has 0 spiro atoms. The molecule has 0 aliphatic carbocycles. The van der Waals surface area contributed by atoms with Crippen molar-refractivity contribution in [3.63, 3.8) is 0 Å². The highest BCUT2D eigenvalue weighted by molar-refractivity contribution is 7.99. The number of nitrogens with one attached hydrogen (secondary N) is 1. The monoisotopic (exact) mass is 549 g/mol. The molecule has 3 heterocycles. The van der Waals surface area contributed by atoms with Crippen molar-refractivity contribution in [1.29, 1.82) is 0 Å². The predicted molar refractivity (Wildman–Crippen MR) is 150 cm³/mol. The first kappa shape index (κ1) is 25.5. The van der Waals surface area contributed by atoms with Gasteiger partial charge in [-0.1, -0.05) is 23.7 Å². The van der Waals surface area contributed by atoms with E-state index < -0.39 is 0 Å². The van der Waals surface area contributed by atoms with Crippen molar-refractivity contribution >= 4 is 79.6 Å². The Bertz CT molecular complexity index is 1250. The molecular weight excluding hydrogens is 525 g/mol. The lowest BCUT2D eigenvalue weighted by Crippen LogP contribution is -2.25. The van der Waals surface area contributed by atoms with Gasteiger partial charge < -0.3 is 10.2 Å². The summed E-state index contributed by atoms with van der Waals surface area (Å²) >= 11 is 11.1. The van der Waals surface area contributed by atoms with Crippen LogP contribution in [0.15, 0.2) is 53.4 Å². The number of anilines is 1. The minimum absolute atomic E-state index is 0. The molecule has 0 bridgehead atoms. The van der Waals surface area contributed by atoms with Crippen molar-refractivity contribution in [2.45, 2.75) is 30.7 Å². The van der Waals surface area contributed by atoms with E-state index in [-0.39, 0.29) is 18.3 Å². The van der Waals surface area contributed by atoms with Crippen LogP contribution in [0.1, 0.15) is 23.3 Å². The summed E-state index contributed by atoms with van der Waals surface area (Å²) in [6, 6.07) is 16.1. The summed E-state index contributed by atoms with van der Waals surface area (Å²) in [5.74, 6) is 0.965. The van der Waals surface area contributed by atoms with Crippen LogP contribution in [-0.2, 0) is 17.8 Å². The van der Waals surface area contributed by atoms with Gasteiger partial charge in [-0.05, 0) is 67.6 Å². The van der Waals surface area contributed by atoms with E-state index >= 15 is 0 Å². The van der Waals surface area contributed by atoms with Gasteiger partial charge in [0, 0.05) is 39.9 Å². The third kappa shape index (κ3) is 5.78. The van der Waals surface area contributed by atoms with Crippen LogP contribution < -0.4 is 5.32 Å². The van der Waals surface area contributed by atoms with Crippen LogP contribution in [0.5, 0.6) is 0 Å². The van der Waals surface area contributed by atoms with E-state index in [1.807, 2.05) is 36.4 Å². The molecule has 1 amide bonds. The van der Waals surface area contributed by atoms with E-state index in [0.717, 1.165) is 57.8 Å². The Labute approximate surface area is 223 Å². The number of carbonyl (C=O) groups excluding carboxylic acids is 1. The molecule has 0 fully saturated rings. The number of aromatic nitrogens is 1. The Balaban J connectivity index is 0.00000274. The number of likely N-dealkylation sites (N-methyl/N-ethyl adjacent to an activating group) is 1. The number of para-hydroxylation sites is 1. The molecule has 0 atom stereocenters. The van der Waals surface area contributed by atoms with Crippen molar-refractivity contribution in [3.05, 3.63) is 64.0 Å². The maximum atomic E-state index is 12.8. The maximum absolute atomic E-state index is 12.8. The zero-order chi connectivity index (χ0) is 22.8. The molecule has 4 nitrogen and oxygen atoms in total. The Hall–Kier alpha value is -1.61. The highest BCUT2D eigenvalue weighted by Crippen LogP contribution is 2.45. The average Bonchev–Trinajstić information content (AvgIpc) is 3.38. The maximum Gasteiger partial charge on any atom is 0.225 e. The van der Waals surface area contributed by atoms with E-state index in [9.17, 15) is 4.79 Å². The summed E-state index contributed by atoms with van der Waals surface area (Å²) in [5, 5.41) is 5.93. The highest BCUT2D eigenvalue weighted by Gasteiger charge is 2.26. The van der Waals surface area contributed by atoms with Crippen LogP contribution in [0, 0.1) is 0 Å². The fraction of sp³-hybridized carbons (Fsp3) is 0.280. The topological polar surface area (TPSA) is 45.2 Å². The Morgan fingerprint density at radius 1 is 1.18 bits per heavy atom. The van der Waals surface area contributed by atoms with Crippen LogP contribution in [0.4, 0.5) is 5.00 Å². The molecule has 9 heteroatoms. The SMILES string of the molecule is CN1CCc2c(sc(NC(=O)CCCSc3ccc(Cl)cc3)c2-c2nc3ccccc3s2)C1.Cl. The van der Waals surface area contributed by atoms with Crippen molar-refractivity contribution < 1.29 is 4.79 Å². The number of rotatable bonds is 7. The quantitative estimate of drug-likeness (QED) is 0.190. The Morgan fingerprint density at radius 2 is 1.97 bits per heavy atom. The van der Waals surface area contributed by atoms with E-state index in [0.29, 0.717) is 6.42 Å². The molecule has 1 aliphatic heterocycles. The van der Waals surface area contributed by atoms with Gasteiger partial charge in [0.05, 0.1) is 10.2 Å². The number of hydrogen-bond donors (Lipinski definition) is 1. The third-order valence-corrected chi connectivity index (χ3v) is 9.18. The standard InChI is InChI=1S/C25H24ClN3OS3.ClH/c1-29-13-12-18-21(15-29)33-25(23(18)24-27-19-5-2-3-6-20(19)32-24)28-22(30)7-4-14-31-17-10-8-16(26)9-11-17;/h2-3,5-6,8-11H,4,7,12-15H2,1H3,(H,28,30);1H. The van der Waals surface area contributed by atoms with Crippen molar-refractivity contribution in [3.8, 4) is 10.6 Å². The second-order valence-corrected chi connectivity index (χ2v) is 11.9. The zero-order valence-corrected chi connectivity index (χ0v) is 22.7. The Kier molecular flexibility index (Phi) is 8.56. The summed E-state index contributed by atoms with van der Waals surface area (Å²) in [5.41, 5.74) is 3.50. The molecule has 0 saturated carbocycles. The molecular formula is C25H25Cl2N3OS3. The molecule has 178 valence electrons. The molecule has 1 aliphatic rings. The molecule has 4 aromatic rings. The summed E-state index contributed by atoms with van der Waals surface area (Å²) in [6.07, 6.45) is 2.31. The summed E-state index contributed by atoms with van der Waals surface area (Å²) in [7, 11) is 2.15. The lowest BCUT2D eigenvalue weighted by Gasteiger charge is -2.22. The molecule has 2 aromatic heterocycles. The molecule has 5 rings (SSSR count). The number of hydrogen-bond acceptors (Lipinski definition) is 6. The van der Waals surface area contributed by atoms with Crippen molar-refractivity contribution in [2.75, 3.05) is 24.7 Å². The average molecular weight is 551 g/mol. The van der Waals surface area contributed by atoms with Gasteiger partial charge in [0.25, 0.3) is 0 Å². The molecule has 1 N–H and O–H groups in total. The van der Waals surface area contributed by atoms with Crippen LogP contribution >= 0.6 is 58.4 Å². The van der Waals surface area contributed by atoms with E-state index in [1.54, 1.807) is 34.4 Å². The van der Waals surface area contributed by atoms with Gasteiger partial charge in [-0.25, -0.2) is 4.98 Å². The number of carbonyl (C=O) groups is 1. The molecule has 0 radical (unpaired) electrons. The zero-order valence-electron chi connectivity index (χ0n) is 18.7. The summed E-state index contributed by atoms with van der Waals surface area (Å²) in [6.45, 7) is 1.95. The number of fused-ring (bicyclic) bond motifs is 2. The number of nitrogens with zero attached hydrogens (tertiary/aromatic N) is 2. The third-order valence-electron chi connectivity index (χ3n) is 5.64. The second-order valence-electron chi connectivity index (χ2n) is 8.14. The minimum Gasteiger partial charge on any atom is -0.317 e. The number of benzene rings is 2. The lowest BCUT2D eigenvalue weighted by atomic mass is 10.0. The largest absolute Gasteiger partial charge is 0.317 e. The van der Waals surface area contributed by atoms with E-state index in [2.05, 4.69) is 29.4 Å². The van der Waals surface area contributed by atoms with E-state index in [1.165, 1.54) is 20.0 Å². The van der Waals surface area contributed by atoms with Gasteiger partial charge in [0.15, 0.2) is 0 Å². The van der Waals surface area contributed by atoms with Gasteiger partial charge in [-0.2, -0.15) is 0 Å². The van der Waals surface area contributed by atoms with Crippen LogP contribution in [-0.4, -0.2) is 35.1 Å². The molecule has 0 saturated heterocycles. The first-order valence-electron chi connectivity index (χ1n) is 10.9. The highest BCUT2D eigenvalue weighted by atomic mass is 35.5. The Morgan fingerprint density at radius 3 is 2.76 bits per heavy atom. The van der Waals surface area contributed by atoms with Gasteiger partial charge in [0.2, 0.25) is 5.91 Å². The number of thiazole rings is 1. The second kappa shape index (κ2) is 11.4. The van der Waals surface area contributed by atoms with E-state index in [4.69, 9.17) is 16.6 Å². The number of thioether (sulfide) groups is 1. The normalized spacial score (nSPS) is 13.5. The molecule has 0 unspecified atom stereocenters. The molecule has 34 heavy (non-hydrogen) atoms. The smallest absolute Gasteiger partial charge is 0.225 e. The van der Waals surface area contributed by atoms with Crippen LogP contribution in [0.2, 0.25) is 5.02 Å². The minimum atomic E-state index is 0. The summed E-state index contributed by atoms with van der Waals surface area (Å²) in [4.78, 5) is 22.6. The number of amides is 1. The fourth-order valence-electron chi connectivity index (χ4n) is 3.97. The van der Waals surface area contributed by atoms with Crippen molar-refractivity contribution in [1.82, 2.24) is 9.88 Å².